The van der Waals surface area contributed by atoms with Crippen LogP contribution >= 0.6 is 0 Å². The van der Waals surface area contributed by atoms with E-state index in [0.29, 0.717) is 0 Å². The lowest BCUT2D eigenvalue weighted by molar-refractivity contribution is 0.666. The first-order valence-electron chi connectivity index (χ1n) is 19.5. The zero-order valence-electron chi connectivity index (χ0n) is 30.9. The highest BCUT2D eigenvalue weighted by Gasteiger charge is 2.24. The molecule has 12 rings (SSSR count). The van der Waals surface area contributed by atoms with Gasteiger partial charge in [0, 0.05) is 38.0 Å². The van der Waals surface area contributed by atoms with Crippen LogP contribution in [0.5, 0.6) is 0 Å². The van der Waals surface area contributed by atoms with E-state index in [1.54, 1.807) is 0 Å². The quantitative estimate of drug-likeness (QED) is 0.173. The maximum absolute atomic E-state index is 6.95. The minimum absolute atomic E-state index is 0.873. The van der Waals surface area contributed by atoms with Crippen LogP contribution in [0, 0.1) is 0 Å². The topological polar surface area (TPSA) is 23.0 Å². The lowest BCUT2D eigenvalue weighted by atomic mass is 9.91. The summed E-state index contributed by atoms with van der Waals surface area (Å²) in [4.78, 5) is 0. The average Bonchev–Trinajstić information content (AvgIpc) is 3.95. The van der Waals surface area contributed by atoms with Crippen LogP contribution in [0.15, 0.2) is 211 Å². The van der Waals surface area contributed by atoms with Crippen molar-refractivity contribution in [3.8, 4) is 44.8 Å². The Bertz CT molecular complexity index is 3510. The Labute approximate surface area is 328 Å². The van der Waals surface area contributed by atoms with Crippen molar-refractivity contribution in [2.24, 2.45) is 0 Å². The van der Waals surface area contributed by atoms with Gasteiger partial charge in [0.25, 0.3) is 0 Å². The molecule has 0 fully saturated rings. The molecule has 266 valence electrons. The number of hydrogen-bond acceptors (Lipinski definition) is 1. The van der Waals surface area contributed by atoms with E-state index in [9.17, 15) is 0 Å². The first-order valence-corrected chi connectivity index (χ1v) is 19.5. The zero-order chi connectivity index (χ0) is 37.5. The summed E-state index contributed by atoms with van der Waals surface area (Å²) >= 11 is 0. The lowest BCUT2D eigenvalue weighted by Crippen LogP contribution is -1.96. The Morgan fingerprint density at radius 2 is 0.789 bits per heavy atom. The van der Waals surface area contributed by atoms with Gasteiger partial charge < -0.3 is 13.6 Å². The first-order chi connectivity index (χ1) is 28.3. The summed E-state index contributed by atoms with van der Waals surface area (Å²) in [5.74, 6) is 0. The predicted octanol–water partition coefficient (Wildman–Crippen LogP) is 14.8. The van der Waals surface area contributed by atoms with Gasteiger partial charge in [-0.2, -0.15) is 0 Å². The van der Waals surface area contributed by atoms with E-state index < -0.39 is 0 Å². The molecule has 0 radical (unpaired) electrons. The van der Waals surface area contributed by atoms with E-state index in [4.69, 9.17) is 4.42 Å². The predicted molar refractivity (Wildman–Crippen MR) is 239 cm³/mol. The van der Waals surface area contributed by atoms with Crippen molar-refractivity contribution in [2.75, 3.05) is 0 Å². The summed E-state index contributed by atoms with van der Waals surface area (Å²) in [6.45, 7) is 0. The summed E-state index contributed by atoms with van der Waals surface area (Å²) < 4.78 is 11.8. The number of furan rings is 1. The van der Waals surface area contributed by atoms with Crippen LogP contribution in [0.25, 0.3) is 110 Å². The number of nitrogens with zero attached hydrogens (tertiary/aromatic N) is 2. The van der Waals surface area contributed by atoms with Crippen molar-refractivity contribution < 1.29 is 4.42 Å². The van der Waals surface area contributed by atoms with Crippen LogP contribution in [0.3, 0.4) is 0 Å². The third-order valence-electron chi connectivity index (χ3n) is 11.7. The van der Waals surface area contributed by atoms with E-state index in [1.807, 2.05) is 0 Å². The highest BCUT2D eigenvalue weighted by atomic mass is 16.3. The fourth-order valence-corrected chi connectivity index (χ4v) is 9.40. The van der Waals surface area contributed by atoms with Gasteiger partial charge in [-0.3, -0.25) is 0 Å². The molecule has 0 aliphatic carbocycles. The van der Waals surface area contributed by atoms with E-state index in [-0.39, 0.29) is 0 Å². The molecule has 9 aromatic carbocycles. The van der Waals surface area contributed by atoms with Gasteiger partial charge in [0.1, 0.15) is 5.58 Å². The lowest BCUT2D eigenvalue weighted by Gasteiger charge is -2.14. The Balaban J connectivity index is 1.16. The van der Waals surface area contributed by atoms with Crippen LogP contribution in [-0.4, -0.2) is 9.13 Å². The number of aromatic nitrogens is 2. The van der Waals surface area contributed by atoms with Crippen molar-refractivity contribution in [2.45, 2.75) is 0 Å². The molecule has 0 unspecified atom stereocenters. The van der Waals surface area contributed by atoms with Gasteiger partial charge in [0.15, 0.2) is 5.58 Å². The highest BCUT2D eigenvalue weighted by Crippen LogP contribution is 2.47. The molecular weight excluding hydrogens is 693 g/mol. The number of rotatable bonds is 5. The molecule has 57 heavy (non-hydrogen) atoms. The van der Waals surface area contributed by atoms with Crippen LogP contribution < -0.4 is 0 Å². The second-order valence-corrected chi connectivity index (χ2v) is 14.8. The summed E-state index contributed by atoms with van der Waals surface area (Å²) in [6.07, 6.45) is 0. The molecule has 3 aromatic heterocycles. The third kappa shape index (κ3) is 4.66. The molecule has 0 amide bonds. The number of hydrogen-bond donors (Lipinski definition) is 0. The minimum Gasteiger partial charge on any atom is -0.454 e. The highest BCUT2D eigenvalue weighted by molar-refractivity contribution is 6.23. The molecule has 3 heteroatoms. The third-order valence-corrected chi connectivity index (χ3v) is 11.7. The molecule has 0 saturated carbocycles. The molecule has 0 bridgehead atoms. The van der Waals surface area contributed by atoms with Gasteiger partial charge in [-0.15, -0.1) is 0 Å². The Morgan fingerprint density at radius 1 is 0.298 bits per heavy atom. The minimum atomic E-state index is 0.873. The van der Waals surface area contributed by atoms with E-state index in [2.05, 4.69) is 215 Å². The molecule has 0 aliphatic heterocycles. The maximum atomic E-state index is 6.95. The summed E-state index contributed by atoms with van der Waals surface area (Å²) in [5, 5.41) is 7.14. The van der Waals surface area contributed by atoms with Crippen LogP contribution in [0.4, 0.5) is 0 Å². The van der Waals surface area contributed by atoms with E-state index in [1.165, 1.54) is 60.4 Å². The van der Waals surface area contributed by atoms with Crippen molar-refractivity contribution in [3.05, 3.63) is 206 Å². The fraction of sp³-hybridized carbons (Fsp3) is 0. The second-order valence-electron chi connectivity index (χ2n) is 14.8. The van der Waals surface area contributed by atoms with Crippen molar-refractivity contribution in [1.29, 1.82) is 0 Å². The SMILES string of the molecule is c1ccc(-c2ccccc2-c2ccc(-n3c4ccccc4c4c(-c5cccc6c5c5ccccc5n6-c5ccccc5)cccc43)c3oc4ccccc4c23)cc1. The van der Waals surface area contributed by atoms with Gasteiger partial charge in [-0.25, -0.2) is 0 Å². The number of para-hydroxylation sites is 4. The molecule has 3 nitrogen and oxygen atoms in total. The first kappa shape index (κ1) is 31.7. The molecule has 0 saturated heterocycles. The summed E-state index contributed by atoms with van der Waals surface area (Å²) in [7, 11) is 0. The fourth-order valence-electron chi connectivity index (χ4n) is 9.40. The normalized spacial score (nSPS) is 11.9. The number of benzene rings is 9. The molecule has 0 N–H and O–H groups in total. The van der Waals surface area contributed by atoms with Crippen molar-refractivity contribution in [1.82, 2.24) is 9.13 Å². The Kier molecular flexibility index (Phi) is 6.93. The van der Waals surface area contributed by atoms with Gasteiger partial charge in [-0.1, -0.05) is 158 Å². The van der Waals surface area contributed by atoms with Gasteiger partial charge in [0.05, 0.1) is 27.8 Å². The van der Waals surface area contributed by atoms with Crippen LogP contribution in [0.1, 0.15) is 0 Å². The van der Waals surface area contributed by atoms with Gasteiger partial charge >= 0.3 is 0 Å². The van der Waals surface area contributed by atoms with Gasteiger partial charge in [-0.05, 0) is 81.9 Å². The zero-order valence-corrected chi connectivity index (χ0v) is 30.9. The molecule has 3 heterocycles. The second kappa shape index (κ2) is 12.5. The van der Waals surface area contributed by atoms with Crippen LogP contribution in [-0.2, 0) is 0 Å². The molecule has 0 aliphatic rings. The number of fused-ring (bicyclic) bond motifs is 9. The molecule has 0 atom stereocenters. The Hall–Kier alpha value is -7.62. The Morgan fingerprint density at radius 3 is 1.49 bits per heavy atom. The van der Waals surface area contributed by atoms with Gasteiger partial charge in [0.2, 0.25) is 0 Å². The monoisotopic (exact) mass is 726 g/mol. The largest absolute Gasteiger partial charge is 0.454 e. The molecule has 0 spiro atoms. The molecule has 12 aromatic rings. The maximum Gasteiger partial charge on any atom is 0.160 e. The van der Waals surface area contributed by atoms with Crippen molar-refractivity contribution >= 4 is 65.6 Å². The average molecular weight is 727 g/mol. The summed E-state index contributed by atoms with van der Waals surface area (Å²) in [6, 6.07) is 74.2. The van der Waals surface area contributed by atoms with Crippen LogP contribution in [0.2, 0.25) is 0 Å². The standard InChI is InChI=1S/C54H34N2O/c1-3-17-35(18-4-1)37-21-7-8-22-38(37)41-33-34-49(54-53(41)44-25-11-14-32-50(44)57-54)56-46-29-13-10-24-43(46)52-40(27-16-31-48(52)56)39-26-15-30-47-51(39)42-23-9-12-28-45(42)55(47)36-19-5-2-6-20-36/h1-34H. The summed E-state index contributed by atoms with van der Waals surface area (Å²) in [5.41, 5.74) is 15.7. The van der Waals surface area contributed by atoms with E-state index >= 15 is 0 Å². The van der Waals surface area contributed by atoms with Crippen molar-refractivity contribution in [3.63, 3.8) is 0 Å². The van der Waals surface area contributed by atoms with E-state index in [0.717, 1.165) is 49.9 Å². The molecular formula is C54H34N2O. The smallest absolute Gasteiger partial charge is 0.160 e.